The number of nitrogens with zero attached hydrogens (tertiary/aromatic N) is 1. The Bertz CT molecular complexity index is 462. The maximum Gasteiger partial charge on any atom is 0.0464 e. The van der Waals surface area contributed by atoms with Crippen LogP contribution in [-0.2, 0) is 10.8 Å². The molecule has 1 atom stereocenters. The zero-order valence-corrected chi connectivity index (χ0v) is 13.8. The summed E-state index contributed by atoms with van der Waals surface area (Å²) < 4.78 is 12.2. The summed E-state index contributed by atoms with van der Waals surface area (Å²) in [5.41, 5.74) is 7.20. The SMILES string of the molecule is NC(CCN1CCS(=O)CC1)c1ccc(Br)cc1Cl. The molecule has 1 saturated heterocycles. The van der Waals surface area contributed by atoms with E-state index < -0.39 is 10.8 Å². The van der Waals surface area contributed by atoms with Gasteiger partial charge in [0, 0.05) is 57.5 Å². The van der Waals surface area contributed by atoms with Gasteiger partial charge in [-0.15, -0.1) is 0 Å². The molecule has 2 N–H and O–H groups in total. The lowest BCUT2D eigenvalue weighted by molar-refractivity contribution is 0.287. The number of hydrogen-bond donors (Lipinski definition) is 1. The highest BCUT2D eigenvalue weighted by Gasteiger charge is 2.17. The molecule has 0 bridgehead atoms. The molecule has 0 aromatic heterocycles. The van der Waals surface area contributed by atoms with Crippen LogP contribution in [0.15, 0.2) is 22.7 Å². The van der Waals surface area contributed by atoms with Gasteiger partial charge >= 0.3 is 0 Å². The van der Waals surface area contributed by atoms with E-state index in [0.717, 1.165) is 47.6 Å². The van der Waals surface area contributed by atoms with Gasteiger partial charge in [-0.3, -0.25) is 4.21 Å². The van der Waals surface area contributed by atoms with Crippen LogP contribution in [0.4, 0.5) is 0 Å². The smallest absolute Gasteiger partial charge is 0.0464 e. The van der Waals surface area contributed by atoms with E-state index in [9.17, 15) is 4.21 Å². The topological polar surface area (TPSA) is 46.3 Å². The predicted octanol–water partition coefficient (Wildman–Crippen LogP) is 2.56. The van der Waals surface area contributed by atoms with Crippen molar-refractivity contribution in [2.45, 2.75) is 12.5 Å². The zero-order chi connectivity index (χ0) is 13.8. The van der Waals surface area contributed by atoms with Gasteiger partial charge in [0.25, 0.3) is 0 Å². The molecule has 1 fully saturated rings. The molecule has 6 heteroatoms. The van der Waals surface area contributed by atoms with Crippen molar-refractivity contribution in [2.24, 2.45) is 5.73 Å². The fraction of sp³-hybridized carbons (Fsp3) is 0.538. The van der Waals surface area contributed by atoms with Crippen LogP contribution in [0.25, 0.3) is 0 Å². The molecule has 1 unspecified atom stereocenters. The normalized spacial score (nSPS) is 19.5. The quantitative estimate of drug-likeness (QED) is 0.892. The summed E-state index contributed by atoms with van der Waals surface area (Å²) in [5, 5.41) is 0.710. The molecule has 0 amide bonds. The highest BCUT2D eigenvalue weighted by atomic mass is 79.9. The summed E-state index contributed by atoms with van der Waals surface area (Å²) in [4.78, 5) is 2.33. The first kappa shape index (κ1) is 15.4. The van der Waals surface area contributed by atoms with E-state index in [0.29, 0.717) is 5.02 Å². The van der Waals surface area contributed by atoms with Crippen LogP contribution < -0.4 is 5.73 Å². The van der Waals surface area contributed by atoms with E-state index in [1.807, 2.05) is 18.2 Å². The molecule has 0 radical (unpaired) electrons. The largest absolute Gasteiger partial charge is 0.324 e. The highest BCUT2D eigenvalue weighted by Crippen LogP contribution is 2.27. The highest BCUT2D eigenvalue weighted by molar-refractivity contribution is 9.10. The van der Waals surface area contributed by atoms with Crippen LogP contribution >= 0.6 is 27.5 Å². The molecule has 1 aliphatic rings. The number of benzene rings is 1. The fourth-order valence-electron chi connectivity index (χ4n) is 2.18. The number of hydrogen-bond acceptors (Lipinski definition) is 3. The number of nitrogens with two attached hydrogens (primary N) is 1. The Kier molecular flexibility index (Phi) is 5.84. The lowest BCUT2D eigenvalue weighted by atomic mass is 10.0. The van der Waals surface area contributed by atoms with Gasteiger partial charge in [0.15, 0.2) is 0 Å². The van der Waals surface area contributed by atoms with Crippen LogP contribution in [0.2, 0.25) is 5.02 Å². The van der Waals surface area contributed by atoms with Crippen LogP contribution in [-0.4, -0.2) is 40.2 Å². The van der Waals surface area contributed by atoms with E-state index in [-0.39, 0.29) is 6.04 Å². The third-order valence-corrected chi connectivity index (χ3v) is 5.49. The average molecular weight is 366 g/mol. The molecule has 1 heterocycles. The third kappa shape index (κ3) is 4.53. The minimum atomic E-state index is -0.617. The second-order valence-corrected chi connectivity index (χ2v) is 7.77. The molecular formula is C13H18BrClN2OS. The van der Waals surface area contributed by atoms with Gasteiger partial charge in [-0.1, -0.05) is 33.6 Å². The Balaban J connectivity index is 1.87. The summed E-state index contributed by atoms with van der Waals surface area (Å²) in [6.45, 7) is 2.76. The van der Waals surface area contributed by atoms with Gasteiger partial charge in [-0.25, -0.2) is 0 Å². The van der Waals surface area contributed by atoms with Crippen molar-refractivity contribution < 1.29 is 4.21 Å². The Morgan fingerprint density at radius 1 is 1.42 bits per heavy atom. The van der Waals surface area contributed by atoms with Crippen LogP contribution in [0, 0.1) is 0 Å². The molecule has 0 spiro atoms. The molecule has 3 nitrogen and oxygen atoms in total. The summed E-state index contributed by atoms with van der Waals surface area (Å²) in [6, 6.07) is 5.77. The average Bonchev–Trinajstić information content (AvgIpc) is 2.37. The Morgan fingerprint density at radius 2 is 2.11 bits per heavy atom. The van der Waals surface area contributed by atoms with E-state index in [4.69, 9.17) is 17.3 Å². The van der Waals surface area contributed by atoms with Gasteiger partial charge < -0.3 is 10.6 Å². The molecule has 0 aliphatic carbocycles. The van der Waals surface area contributed by atoms with Crippen molar-refractivity contribution in [1.29, 1.82) is 0 Å². The van der Waals surface area contributed by atoms with Crippen molar-refractivity contribution in [3.63, 3.8) is 0 Å². The molecule has 1 aromatic carbocycles. The fourth-order valence-corrected chi connectivity index (χ4v) is 4.12. The third-order valence-electron chi connectivity index (χ3n) is 3.39. The summed E-state index contributed by atoms with van der Waals surface area (Å²) >= 11 is 9.59. The lowest BCUT2D eigenvalue weighted by Gasteiger charge is -2.27. The Hall–Kier alpha value is 0.0600. The molecule has 1 aromatic rings. The van der Waals surface area contributed by atoms with Crippen LogP contribution in [0.1, 0.15) is 18.0 Å². The van der Waals surface area contributed by atoms with Crippen molar-refractivity contribution in [3.8, 4) is 0 Å². The maximum absolute atomic E-state index is 11.3. The lowest BCUT2D eigenvalue weighted by Crippen LogP contribution is -2.39. The van der Waals surface area contributed by atoms with Crippen molar-refractivity contribution in [3.05, 3.63) is 33.3 Å². The van der Waals surface area contributed by atoms with Gasteiger partial charge in [0.1, 0.15) is 0 Å². The van der Waals surface area contributed by atoms with Crippen LogP contribution in [0.3, 0.4) is 0 Å². The van der Waals surface area contributed by atoms with E-state index >= 15 is 0 Å². The summed E-state index contributed by atoms with van der Waals surface area (Å²) in [7, 11) is -0.617. The number of halogens is 2. The summed E-state index contributed by atoms with van der Waals surface area (Å²) in [5.74, 6) is 1.57. The molecule has 19 heavy (non-hydrogen) atoms. The minimum absolute atomic E-state index is 0.0481. The standard InChI is InChI=1S/C13H18BrClN2OS/c14-10-1-2-11(12(15)9-10)13(16)3-4-17-5-7-19(18)8-6-17/h1-2,9,13H,3-8,16H2. The first-order valence-corrected chi connectivity index (χ1v) is 9.00. The van der Waals surface area contributed by atoms with E-state index in [2.05, 4.69) is 20.8 Å². The summed E-state index contributed by atoms with van der Waals surface area (Å²) in [6.07, 6.45) is 0.869. The monoisotopic (exact) mass is 364 g/mol. The maximum atomic E-state index is 11.3. The van der Waals surface area contributed by atoms with Gasteiger partial charge in [0.2, 0.25) is 0 Å². The minimum Gasteiger partial charge on any atom is -0.324 e. The first-order chi connectivity index (χ1) is 9.06. The van der Waals surface area contributed by atoms with Crippen molar-refractivity contribution in [2.75, 3.05) is 31.1 Å². The second-order valence-electron chi connectivity index (χ2n) is 4.75. The van der Waals surface area contributed by atoms with Gasteiger partial charge in [-0.05, 0) is 24.1 Å². The van der Waals surface area contributed by atoms with Gasteiger partial charge in [0.05, 0.1) is 0 Å². The molecule has 2 rings (SSSR count). The predicted molar refractivity (Wildman–Crippen MR) is 85.0 cm³/mol. The van der Waals surface area contributed by atoms with Gasteiger partial charge in [-0.2, -0.15) is 0 Å². The van der Waals surface area contributed by atoms with Crippen molar-refractivity contribution >= 4 is 38.3 Å². The second kappa shape index (κ2) is 7.18. The molecule has 1 aliphatic heterocycles. The number of rotatable bonds is 4. The Labute approximate surface area is 130 Å². The van der Waals surface area contributed by atoms with Crippen molar-refractivity contribution in [1.82, 2.24) is 4.90 Å². The first-order valence-electron chi connectivity index (χ1n) is 6.34. The Morgan fingerprint density at radius 3 is 2.74 bits per heavy atom. The zero-order valence-electron chi connectivity index (χ0n) is 10.6. The molecular weight excluding hydrogens is 348 g/mol. The van der Waals surface area contributed by atoms with E-state index in [1.165, 1.54) is 0 Å². The molecule has 0 saturated carbocycles. The van der Waals surface area contributed by atoms with E-state index in [1.54, 1.807) is 0 Å². The van der Waals surface area contributed by atoms with Crippen LogP contribution in [0.5, 0.6) is 0 Å². The molecule has 106 valence electrons.